The molecule has 0 amide bonds. The number of hydrogen-bond acceptors (Lipinski definition) is 3. The monoisotopic (exact) mass is 422 g/mol. The Hall–Kier alpha value is 0.610. The number of hydrogen-bond donors (Lipinski definition) is 2. The Balaban J connectivity index is 1.55. The van der Waals surface area contributed by atoms with Crippen molar-refractivity contribution in [2.45, 2.75) is 74.3 Å². The van der Waals surface area contributed by atoms with E-state index in [9.17, 15) is 10.2 Å². The standard InChI is InChI=1S/C18H31IO3/c1-11-7-13-4-3-12(2)16(18(13)19-10-11)6-5-15-8-14(20)9-17(21)22-15/h11-18,20-21H,1,3-10H2,2H3/q-2/t11?,12?,13?,14?,15-,16+,17?,18+/m1/s1. The van der Waals surface area contributed by atoms with E-state index in [0.29, 0.717) is 34.0 Å². The van der Waals surface area contributed by atoms with Crippen LogP contribution in [0.4, 0.5) is 0 Å². The fourth-order valence-corrected chi connectivity index (χ4v) is 9.46. The molecule has 1 saturated carbocycles. The Labute approximate surface area is 145 Å². The van der Waals surface area contributed by atoms with Crippen LogP contribution in [0.1, 0.15) is 51.9 Å². The quantitative estimate of drug-likeness (QED) is 0.370. The normalized spacial score (nSPS) is 50.0. The number of rotatable bonds is 3. The van der Waals surface area contributed by atoms with Gasteiger partial charge in [0.05, 0.1) is 0 Å². The number of fused-ring (bicyclic) bond motifs is 1. The number of halogens is 1. The summed E-state index contributed by atoms with van der Waals surface area (Å²) in [6.07, 6.45) is 6.33. The van der Waals surface area contributed by atoms with Crippen molar-refractivity contribution in [3.63, 3.8) is 0 Å². The van der Waals surface area contributed by atoms with Gasteiger partial charge in [0.25, 0.3) is 0 Å². The van der Waals surface area contributed by atoms with Crippen molar-refractivity contribution in [2.75, 3.05) is 4.43 Å². The fourth-order valence-electron chi connectivity index (χ4n) is 4.70. The van der Waals surface area contributed by atoms with Crippen LogP contribution in [0.3, 0.4) is 0 Å². The molecule has 2 aliphatic heterocycles. The third-order valence-electron chi connectivity index (χ3n) is 5.88. The van der Waals surface area contributed by atoms with Crippen LogP contribution in [0.5, 0.6) is 0 Å². The zero-order valence-corrected chi connectivity index (χ0v) is 15.8. The maximum atomic E-state index is 9.81. The first-order valence-corrected chi connectivity index (χ1v) is 11.7. The van der Waals surface area contributed by atoms with Gasteiger partial charge in [-0.2, -0.15) is 0 Å². The van der Waals surface area contributed by atoms with E-state index in [1.807, 2.05) is 0 Å². The van der Waals surface area contributed by atoms with Gasteiger partial charge in [0.2, 0.25) is 0 Å². The van der Waals surface area contributed by atoms with Crippen molar-refractivity contribution in [1.29, 1.82) is 0 Å². The van der Waals surface area contributed by atoms with Crippen molar-refractivity contribution in [1.82, 2.24) is 0 Å². The molecule has 130 valence electrons. The molecule has 3 aliphatic rings. The van der Waals surface area contributed by atoms with Gasteiger partial charge in [-0.1, -0.05) is 0 Å². The molecule has 4 heteroatoms. The third-order valence-corrected chi connectivity index (χ3v) is 10.6. The Morgan fingerprint density at radius 3 is 2.73 bits per heavy atom. The van der Waals surface area contributed by atoms with Crippen molar-refractivity contribution >= 4 is 0 Å². The SMILES string of the molecule is [CH2-]C1C[I-][C@H]2C(CCC(C)[C@@H]2CC[C@@H]2CC(O)CC(O)O2)C1. The molecule has 0 aromatic heterocycles. The van der Waals surface area contributed by atoms with Gasteiger partial charge in [0, 0.05) is 0 Å². The van der Waals surface area contributed by atoms with Gasteiger partial charge < -0.3 is 0 Å². The molecule has 3 nitrogen and oxygen atoms in total. The average Bonchev–Trinajstić information content (AvgIpc) is 2.45. The summed E-state index contributed by atoms with van der Waals surface area (Å²) in [5, 5.41) is 19.5. The van der Waals surface area contributed by atoms with E-state index >= 15 is 0 Å². The Morgan fingerprint density at radius 2 is 1.95 bits per heavy atom. The summed E-state index contributed by atoms with van der Waals surface area (Å²) in [6.45, 7) is 6.76. The van der Waals surface area contributed by atoms with Gasteiger partial charge in [-0.15, -0.1) is 0 Å². The molecular weight excluding hydrogens is 391 g/mol. The van der Waals surface area contributed by atoms with Crippen LogP contribution in [0, 0.1) is 30.6 Å². The van der Waals surface area contributed by atoms with Crippen LogP contribution in [-0.4, -0.2) is 37.1 Å². The second-order valence-corrected chi connectivity index (χ2v) is 10.9. The summed E-state index contributed by atoms with van der Waals surface area (Å²) in [7, 11) is 0. The van der Waals surface area contributed by atoms with Crippen LogP contribution in [0.15, 0.2) is 0 Å². The van der Waals surface area contributed by atoms with E-state index in [1.54, 1.807) is 0 Å². The molecule has 2 saturated heterocycles. The summed E-state index contributed by atoms with van der Waals surface area (Å²) in [5.41, 5.74) is 0. The molecule has 0 aromatic carbocycles. The number of ether oxygens (including phenoxy) is 1. The molecule has 0 aromatic rings. The van der Waals surface area contributed by atoms with E-state index in [1.165, 1.54) is 30.1 Å². The Kier molecular flexibility index (Phi) is 6.07. The molecule has 2 N–H and O–H groups in total. The van der Waals surface area contributed by atoms with E-state index in [-0.39, 0.29) is 12.2 Å². The minimum atomic E-state index is -0.765. The van der Waals surface area contributed by atoms with Crippen LogP contribution in [0.25, 0.3) is 0 Å². The van der Waals surface area contributed by atoms with Gasteiger partial charge in [0.1, 0.15) is 0 Å². The van der Waals surface area contributed by atoms with Gasteiger partial charge >= 0.3 is 145 Å². The molecular formula is C18H31IO3-2. The zero-order chi connectivity index (χ0) is 15.7. The van der Waals surface area contributed by atoms with Gasteiger partial charge in [-0.3, -0.25) is 0 Å². The van der Waals surface area contributed by atoms with E-state index in [2.05, 4.69) is 13.8 Å². The molecule has 1 aliphatic carbocycles. The van der Waals surface area contributed by atoms with E-state index in [0.717, 1.165) is 34.0 Å². The Morgan fingerprint density at radius 1 is 1.14 bits per heavy atom. The summed E-state index contributed by atoms with van der Waals surface area (Å²) < 4.78 is 8.02. The van der Waals surface area contributed by atoms with Crippen LogP contribution < -0.4 is 21.2 Å². The first-order valence-electron chi connectivity index (χ1n) is 8.95. The first-order chi connectivity index (χ1) is 10.5. The maximum absolute atomic E-state index is 9.81. The van der Waals surface area contributed by atoms with Crippen molar-refractivity contribution in [3.8, 4) is 0 Å². The summed E-state index contributed by atoms with van der Waals surface area (Å²) in [4.78, 5) is 0. The van der Waals surface area contributed by atoms with Gasteiger partial charge in [-0.05, 0) is 0 Å². The third kappa shape index (κ3) is 4.17. The molecule has 22 heavy (non-hydrogen) atoms. The number of alkyl halides is 2. The van der Waals surface area contributed by atoms with Gasteiger partial charge in [0.15, 0.2) is 0 Å². The number of aliphatic hydroxyl groups is 2. The van der Waals surface area contributed by atoms with Gasteiger partial charge in [-0.25, -0.2) is 0 Å². The van der Waals surface area contributed by atoms with Crippen LogP contribution >= 0.6 is 0 Å². The molecule has 3 rings (SSSR count). The topological polar surface area (TPSA) is 49.7 Å². The van der Waals surface area contributed by atoms with Crippen molar-refractivity contribution < 1.29 is 36.2 Å². The van der Waals surface area contributed by atoms with E-state index in [4.69, 9.17) is 4.74 Å². The molecule has 3 fully saturated rings. The molecule has 0 bridgehead atoms. The number of aliphatic hydroxyl groups excluding tert-OH is 2. The molecule has 8 atom stereocenters. The van der Waals surface area contributed by atoms with Crippen LogP contribution in [0.2, 0.25) is 0 Å². The summed E-state index contributed by atoms with van der Waals surface area (Å²) in [6, 6.07) is 0. The van der Waals surface area contributed by atoms with Crippen LogP contribution in [-0.2, 0) is 4.74 Å². The molecule has 0 spiro atoms. The second kappa shape index (κ2) is 7.66. The van der Waals surface area contributed by atoms with E-state index < -0.39 is 6.29 Å². The molecule has 5 unspecified atom stereocenters. The average molecular weight is 422 g/mol. The Bertz CT molecular complexity index is 354. The van der Waals surface area contributed by atoms with Crippen molar-refractivity contribution in [2.24, 2.45) is 23.7 Å². The predicted octanol–water partition coefficient (Wildman–Crippen LogP) is -0.401. The van der Waals surface area contributed by atoms with Crippen molar-refractivity contribution in [3.05, 3.63) is 6.92 Å². The summed E-state index contributed by atoms with van der Waals surface area (Å²) in [5.74, 6) is 3.34. The summed E-state index contributed by atoms with van der Waals surface area (Å²) >= 11 is 0.295. The fraction of sp³-hybridized carbons (Fsp3) is 0.944. The second-order valence-electron chi connectivity index (χ2n) is 7.75. The predicted molar refractivity (Wildman–Crippen MR) is 82.9 cm³/mol. The minimum absolute atomic E-state index is 0.0497. The molecule has 2 heterocycles. The first kappa shape index (κ1) is 17.4. The zero-order valence-electron chi connectivity index (χ0n) is 13.7. The molecule has 0 radical (unpaired) electrons.